The summed E-state index contributed by atoms with van der Waals surface area (Å²) >= 11 is 0. The van der Waals surface area contributed by atoms with Crippen LogP contribution in [0, 0.1) is 355 Å². The van der Waals surface area contributed by atoms with Crippen LogP contribution < -0.4 is 19.7 Å². The molecule has 1 aliphatic heterocycles. The van der Waals surface area contributed by atoms with Gasteiger partial charge in [0.15, 0.2) is 6.29 Å². The van der Waals surface area contributed by atoms with E-state index in [4.69, 9.17) is 14.6 Å². The number of carbonyl (C=O) groups excluding carboxylic acids is 1. The van der Waals surface area contributed by atoms with Crippen molar-refractivity contribution in [3.63, 3.8) is 0 Å². The van der Waals surface area contributed by atoms with E-state index in [1.165, 1.54) is 50.7 Å². The summed E-state index contributed by atoms with van der Waals surface area (Å²) in [7, 11) is 3.36. The molecule has 1 fully saturated rings. The van der Waals surface area contributed by atoms with Gasteiger partial charge in [-0.25, -0.2) is 8.78 Å². The van der Waals surface area contributed by atoms with Crippen molar-refractivity contribution in [3.05, 3.63) is 206 Å². The van der Waals surface area contributed by atoms with Crippen LogP contribution in [0.3, 0.4) is 0 Å². The molecule has 0 aromatic heterocycles. The first-order valence-electron chi connectivity index (χ1n) is 42.7. The summed E-state index contributed by atoms with van der Waals surface area (Å²) < 4.78 is 40.5. The van der Waals surface area contributed by atoms with Crippen molar-refractivity contribution in [2.45, 2.75) is 62.3 Å². The zero-order chi connectivity index (χ0) is 95.4. The number of halogens is 2. The molecule has 13 aromatic rings. The molecular weight excluding hydrogens is 1710 g/mol. The van der Waals surface area contributed by atoms with Crippen LogP contribution in [0.15, 0.2) is 133 Å². The molecule has 9 heteroatoms. The number of hydrogen-bond acceptors (Lipinski definition) is 6. The Morgan fingerprint density at radius 3 is 1.25 bits per heavy atom. The van der Waals surface area contributed by atoms with Crippen LogP contribution in [0.25, 0.3) is 91.8 Å². The Morgan fingerprint density at radius 1 is 0.410 bits per heavy atom. The summed E-state index contributed by atoms with van der Waals surface area (Å²) in [5, 5.41) is 35.7. The maximum Gasteiger partial charge on any atom is 0.322 e. The van der Waals surface area contributed by atoms with E-state index < -0.39 is 11.8 Å². The van der Waals surface area contributed by atoms with Gasteiger partial charge in [-0.2, -0.15) is 0 Å². The number of allylic oxidation sites excluding steroid dienone is 4. The first-order chi connectivity index (χ1) is 68.6. The van der Waals surface area contributed by atoms with Crippen LogP contribution in [0.1, 0.15) is 110 Å². The monoisotopic (exact) mass is 1760 g/mol. The van der Waals surface area contributed by atoms with Crippen LogP contribution in [0.5, 0.6) is 11.5 Å². The fraction of sp³-hybridized carbons (Fsp3) is 0.108. The number of ether oxygens (including phenoxy) is 2. The average molecular weight is 1760 g/mol. The zero-order valence-electron chi connectivity index (χ0n) is 73.8. The summed E-state index contributed by atoms with van der Waals surface area (Å²) in [6.07, 6.45) is 9.22. The predicted octanol–water partition coefficient (Wildman–Crippen LogP) is 16.5. The summed E-state index contributed by atoms with van der Waals surface area (Å²) in [6, 6.07) is 37.0. The Balaban J connectivity index is 0.000000151. The third-order valence-corrected chi connectivity index (χ3v) is 24.0. The van der Waals surface area contributed by atoms with Crippen molar-refractivity contribution in [2.24, 2.45) is 0 Å². The molecule has 13 aromatic carbocycles. The highest BCUT2D eigenvalue weighted by Gasteiger charge is 2.66. The first kappa shape index (κ1) is 87.8. The fourth-order valence-electron chi connectivity index (χ4n) is 20.1. The number of nitrogens with one attached hydrogen (secondary N) is 1. The van der Waals surface area contributed by atoms with Gasteiger partial charge in [-0.3, -0.25) is 9.59 Å². The molecule has 0 saturated carbocycles. The van der Waals surface area contributed by atoms with Crippen LogP contribution >= 0.6 is 0 Å². The molecule has 0 radical (unpaired) electrons. The Kier molecular flexibility index (Phi) is 25.6. The van der Waals surface area contributed by atoms with E-state index in [-0.39, 0.29) is 35.4 Å². The van der Waals surface area contributed by atoms with Crippen LogP contribution in [0.2, 0.25) is 0 Å². The Labute approximate surface area is 803 Å². The highest BCUT2D eigenvalue weighted by molar-refractivity contribution is 6.59. The van der Waals surface area contributed by atoms with Gasteiger partial charge < -0.3 is 24.8 Å². The minimum absolute atomic E-state index is 0.104. The van der Waals surface area contributed by atoms with Crippen molar-refractivity contribution in [1.29, 1.82) is 0 Å². The number of carboxylic acids is 1. The number of methoxy groups -OCH3 is 2. The highest BCUT2D eigenvalue weighted by atomic mass is 19.1. The third-order valence-electron chi connectivity index (χ3n) is 24.0. The maximum absolute atomic E-state index is 16.5. The molecule has 1 heterocycles. The SMILES string of the molecule is CC#CC#CC#CC#CC#CC#CC#CC#CC#CC#CC#CC#CC#CC#CC#CC#CC#CC#CC#CC#CC#CC#CC#CC#CC#CC#CC#CC#CC#CC.COc1ccccc1C1N(c2ccccc2F)CC2c3cc4c5c6c(cc7cc8c9c%10c%11c%12c%13c%14c%15c(c%16c3c5c(c%16%13)c3c6c7c9c%123)C21CC%15C=C(C=C%10C8)C%14%11)C4.COc1ccccc1C=O.O=C(O)CNc1ccccc1F. The van der Waals surface area contributed by atoms with Crippen molar-refractivity contribution in [1.82, 2.24) is 0 Å². The van der Waals surface area contributed by atoms with Crippen molar-refractivity contribution >= 4 is 115 Å². The molecular formula is C130H50F2N2O5. The molecule has 8 aliphatic rings. The minimum Gasteiger partial charge on any atom is -0.496 e. The number of para-hydroxylation sites is 4. The van der Waals surface area contributed by atoms with Crippen molar-refractivity contribution < 1.29 is 33.0 Å². The topological polar surface area (TPSA) is 88.1 Å². The molecule has 7 nitrogen and oxygen atoms in total. The number of carbonyl (C=O) groups is 2. The summed E-state index contributed by atoms with van der Waals surface area (Å²) in [5.74, 6) is 146. The lowest BCUT2D eigenvalue weighted by molar-refractivity contribution is -0.134. The van der Waals surface area contributed by atoms with E-state index in [0.717, 1.165) is 37.8 Å². The standard InChI is InChI=1S/C60H6.C54H28FNO.C8H8FNO2.C8H8O2/c1-3-5-7-9-11-13-15-17-19-21-23-25-27-29-31-33-35-37-39-41-43-45-47-49-51-53-55-57-59-60-58-56-54-52-50-48-46-44-42-40-38-36-34-32-30-28-26-24-22-20-18-16-14-12-10-8-6-4-2;1-57-31-9-5-2-6-26(31)53-54-17-25-15-23-13-20-10-19-11-22-12-21-14-24-16-27(28(54)18-56(53)30-8-4-3-7-29(30)55)39-44-35(24)34(21)41-36(22)40-32(19)33(20)42-37(23)43-38(25)52(54)51(39)50-48(43)46(42)45(40)47(41)49(44)50;9-6-3-1-2-4-7(6)10-5-8(11)12;1-10-8-5-3-2-4-7(8)6-9/h1-2H3;2-9,11-13,15-16,25,28,37,53H,10,14,17-18H2,1H3;1-4,10H,5H2,(H,11,12);2-6H,1H3. The molecule has 5 atom stereocenters. The largest absolute Gasteiger partial charge is 0.496 e. The maximum atomic E-state index is 16.5. The molecule has 21 rings (SSSR count). The highest BCUT2D eigenvalue weighted by Crippen LogP contribution is 2.78. The minimum atomic E-state index is -1.02. The number of fused-ring (bicyclic) bond motifs is 1. The van der Waals surface area contributed by atoms with E-state index in [9.17, 15) is 14.0 Å². The lowest BCUT2D eigenvalue weighted by Crippen LogP contribution is -2.38. The molecule has 7 aliphatic carbocycles. The number of rotatable bonds is 8. The quantitative estimate of drug-likeness (QED) is 0.0890. The van der Waals surface area contributed by atoms with Gasteiger partial charge in [0.05, 0.1) is 37.2 Å². The normalized spacial score (nSPS) is 13.8. The van der Waals surface area contributed by atoms with Gasteiger partial charge in [0, 0.05) is 272 Å². The van der Waals surface area contributed by atoms with Gasteiger partial charge >= 0.3 is 5.97 Å². The number of anilines is 2. The van der Waals surface area contributed by atoms with E-state index in [2.05, 4.69) is 408 Å². The first-order valence-corrected chi connectivity index (χ1v) is 42.7. The molecule has 1 saturated heterocycles. The lowest BCUT2D eigenvalue weighted by Gasteiger charge is -2.43. The fourth-order valence-corrected chi connectivity index (χ4v) is 20.1. The molecule has 624 valence electrons. The Bertz CT molecular complexity index is 9750. The number of hydrogen-bond donors (Lipinski definition) is 2. The van der Waals surface area contributed by atoms with Crippen LogP contribution in [-0.4, -0.2) is 44.7 Å². The summed E-state index contributed by atoms with van der Waals surface area (Å²) in [6.45, 7) is 3.86. The van der Waals surface area contributed by atoms with Gasteiger partial charge in [0.1, 0.15) is 29.7 Å². The predicted molar refractivity (Wildman–Crippen MR) is 546 cm³/mol. The number of carboxylic acid groups (broad SMARTS) is 1. The molecule has 0 amide bonds. The second-order valence-electron chi connectivity index (χ2n) is 30.9. The van der Waals surface area contributed by atoms with Crippen molar-refractivity contribution in [3.8, 4) is 355 Å². The second-order valence-corrected chi connectivity index (χ2v) is 30.9. The lowest BCUT2D eigenvalue weighted by atomic mass is 9.60. The van der Waals surface area contributed by atoms with Crippen LogP contribution in [-0.2, 0) is 23.1 Å². The molecule has 0 bridgehead atoms. The third kappa shape index (κ3) is 16.7. The van der Waals surface area contributed by atoms with E-state index in [1.807, 2.05) is 31.4 Å². The number of nitrogens with zero attached hydrogens (tertiary/aromatic N) is 1. The second kappa shape index (κ2) is 40.4. The van der Waals surface area contributed by atoms with Gasteiger partial charge in [0.2, 0.25) is 0 Å². The molecule has 2 N–H and O–H groups in total. The number of aldehydes is 1. The molecule has 5 unspecified atom stereocenters. The van der Waals surface area contributed by atoms with Gasteiger partial charge in [-0.05, 0) is 318 Å². The Morgan fingerprint density at radius 2 is 0.799 bits per heavy atom. The molecule has 1 spiro atoms. The Hall–Kier alpha value is -21.8. The smallest absolute Gasteiger partial charge is 0.322 e. The van der Waals surface area contributed by atoms with Gasteiger partial charge in [0.25, 0.3) is 0 Å². The summed E-state index contributed by atoms with van der Waals surface area (Å²) in [4.78, 5) is 22.9. The summed E-state index contributed by atoms with van der Waals surface area (Å²) in [5.41, 5.74) is 19.7. The molecule has 139 heavy (non-hydrogen) atoms. The van der Waals surface area contributed by atoms with Gasteiger partial charge in [-0.15, -0.1) is 0 Å². The van der Waals surface area contributed by atoms with Gasteiger partial charge in [-0.1, -0.05) is 96.8 Å². The van der Waals surface area contributed by atoms with E-state index >= 15 is 4.39 Å². The van der Waals surface area contributed by atoms with Crippen LogP contribution in [0.4, 0.5) is 20.2 Å². The van der Waals surface area contributed by atoms with E-state index in [1.54, 1.807) is 172 Å². The number of aliphatic carboxylic acids is 1. The van der Waals surface area contributed by atoms with E-state index in [0.29, 0.717) is 28.8 Å². The zero-order valence-corrected chi connectivity index (χ0v) is 73.8. The number of benzene rings is 11. The van der Waals surface area contributed by atoms with Crippen molar-refractivity contribution in [2.75, 3.05) is 37.5 Å². The average Bonchev–Trinajstić information content (AvgIpc) is 1.43.